The first kappa shape index (κ1) is 11.4. The predicted octanol–water partition coefficient (Wildman–Crippen LogP) is 3.31. The smallest absolute Gasteiger partial charge is 0.265 e. The number of aromatic nitrogens is 2. The molecule has 6 heteroatoms. The molecule has 0 aliphatic rings. The van der Waals surface area contributed by atoms with Crippen LogP contribution in [-0.4, -0.2) is 9.78 Å². The van der Waals surface area contributed by atoms with Gasteiger partial charge in [0.15, 0.2) is 5.69 Å². The van der Waals surface area contributed by atoms with Crippen molar-refractivity contribution in [2.24, 2.45) is 0 Å². The molecule has 0 spiro atoms. The molecule has 1 rings (SSSR count). The van der Waals surface area contributed by atoms with E-state index in [1.165, 1.54) is 10.9 Å². The van der Waals surface area contributed by atoms with Gasteiger partial charge in [-0.2, -0.15) is 18.3 Å². The molecule has 0 saturated heterocycles. The third-order valence-electron chi connectivity index (χ3n) is 1.63. The molecule has 0 saturated carbocycles. The average molecular weight is 227 g/mol. The van der Waals surface area contributed by atoms with Crippen LogP contribution in [0.15, 0.2) is 6.20 Å². The van der Waals surface area contributed by atoms with Crippen molar-refractivity contribution < 1.29 is 13.2 Å². The van der Waals surface area contributed by atoms with Gasteiger partial charge >= 0.3 is 6.18 Å². The molecule has 0 atom stereocenters. The number of hydrogen-bond donors (Lipinski definition) is 0. The predicted molar refractivity (Wildman–Crippen MR) is 47.2 cm³/mol. The number of rotatable bonds is 0. The van der Waals surface area contributed by atoms with Gasteiger partial charge in [0.2, 0.25) is 0 Å². The summed E-state index contributed by atoms with van der Waals surface area (Å²) in [7, 11) is 0. The number of alkyl halides is 3. The van der Waals surface area contributed by atoms with Gasteiger partial charge in [0, 0.05) is 6.20 Å². The van der Waals surface area contributed by atoms with Crippen LogP contribution in [0.3, 0.4) is 0 Å². The third kappa shape index (κ3) is 2.20. The fourth-order valence-corrected chi connectivity index (χ4v) is 1.13. The summed E-state index contributed by atoms with van der Waals surface area (Å²) >= 11 is 5.43. The van der Waals surface area contributed by atoms with Gasteiger partial charge in [0.25, 0.3) is 0 Å². The highest BCUT2D eigenvalue weighted by molar-refractivity contribution is 6.31. The largest absolute Gasteiger partial charge is 0.436 e. The maximum absolute atomic E-state index is 12.3. The quantitative estimate of drug-likeness (QED) is 0.664. The summed E-state index contributed by atoms with van der Waals surface area (Å²) in [6.07, 6.45) is -3.31. The van der Waals surface area contributed by atoms with E-state index in [9.17, 15) is 13.2 Å². The van der Waals surface area contributed by atoms with Gasteiger partial charge in [-0.3, -0.25) is 4.68 Å². The van der Waals surface area contributed by atoms with Crippen LogP contribution in [0.5, 0.6) is 0 Å². The first-order valence-electron chi connectivity index (χ1n) is 3.95. The standard InChI is InChI=1S/C8H10ClF3N2/c1-7(2,3)14-4-5(9)6(13-14)8(10,11)12/h4H,1-3H3. The van der Waals surface area contributed by atoms with Gasteiger partial charge in [-0.15, -0.1) is 0 Å². The maximum Gasteiger partial charge on any atom is 0.436 e. The Morgan fingerprint density at radius 1 is 1.29 bits per heavy atom. The number of nitrogens with zero attached hydrogens (tertiary/aromatic N) is 2. The van der Waals surface area contributed by atoms with Gasteiger partial charge in [-0.05, 0) is 20.8 Å². The van der Waals surface area contributed by atoms with Crippen molar-refractivity contribution in [3.8, 4) is 0 Å². The fourth-order valence-electron chi connectivity index (χ4n) is 0.889. The van der Waals surface area contributed by atoms with E-state index in [1.807, 2.05) is 0 Å². The van der Waals surface area contributed by atoms with Crippen LogP contribution in [0.4, 0.5) is 13.2 Å². The molecule has 0 amide bonds. The minimum absolute atomic E-state index is 0.368. The van der Waals surface area contributed by atoms with Crippen LogP contribution < -0.4 is 0 Å². The van der Waals surface area contributed by atoms with E-state index < -0.39 is 17.4 Å². The lowest BCUT2D eigenvalue weighted by Crippen LogP contribution is -2.23. The highest BCUT2D eigenvalue weighted by atomic mass is 35.5. The zero-order valence-corrected chi connectivity index (χ0v) is 8.74. The van der Waals surface area contributed by atoms with Crippen molar-refractivity contribution in [2.45, 2.75) is 32.5 Å². The summed E-state index contributed by atoms with van der Waals surface area (Å²) in [5, 5.41) is 3.04. The normalized spacial score (nSPS) is 13.4. The van der Waals surface area contributed by atoms with Crippen LogP contribution in [0.2, 0.25) is 5.02 Å². The minimum Gasteiger partial charge on any atom is -0.265 e. The van der Waals surface area contributed by atoms with E-state index >= 15 is 0 Å². The maximum atomic E-state index is 12.3. The summed E-state index contributed by atoms with van der Waals surface area (Å²) in [4.78, 5) is 0. The van der Waals surface area contributed by atoms with Gasteiger partial charge in [0.1, 0.15) is 0 Å². The Morgan fingerprint density at radius 3 is 2.00 bits per heavy atom. The molecule has 0 radical (unpaired) electrons. The third-order valence-corrected chi connectivity index (χ3v) is 1.90. The molecule has 0 aliphatic heterocycles. The van der Waals surface area contributed by atoms with Crippen LogP contribution in [0.25, 0.3) is 0 Å². The topological polar surface area (TPSA) is 17.8 Å². The lowest BCUT2D eigenvalue weighted by Gasteiger charge is -2.18. The first-order valence-corrected chi connectivity index (χ1v) is 4.33. The van der Waals surface area contributed by atoms with Crippen molar-refractivity contribution >= 4 is 11.6 Å². The van der Waals surface area contributed by atoms with Crippen molar-refractivity contribution in [1.82, 2.24) is 9.78 Å². The zero-order chi connectivity index (χ0) is 11.1. The van der Waals surface area contributed by atoms with Gasteiger partial charge in [0.05, 0.1) is 10.6 Å². The molecule has 14 heavy (non-hydrogen) atoms. The second kappa shape index (κ2) is 3.15. The van der Waals surface area contributed by atoms with Crippen LogP contribution in [-0.2, 0) is 11.7 Å². The lowest BCUT2D eigenvalue weighted by molar-refractivity contribution is -0.141. The summed E-state index contributed by atoms with van der Waals surface area (Å²) in [6.45, 7) is 5.24. The molecular formula is C8H10ClF3N2. The molecule has 0 aromatic carbocycles. The molecule has 1 aromatic rings. The van der Waals surface area contributed by atoms with Crippen LogP contribution in [0.1, 0.15) is 26.5 Å². The lowest BCUT2D eigenvalue weighted by atomic mass is 10.1. The molecule has 2 nitrogen and oxygen atoms in total. The molecule has 80 valence electrons. The summed E-state index contributed by atoms with van der Waals surface area (Å²) < 4.78 is 38.1. The highest BCUT2D eigenvalue weighted by Crippen LogP contribution is 2.34. The Balaban J connectivity index is 3.19. The molecule has 0 bridgehead atoms. The van der Waals surface area contributed by atoms with Crippen molar-refractivity contribution in [1.29, 1.82) is 0 Å². The zero-order valence-electron chi connectivity index (χ0n) is 7.98. The molecule has 0 aliphatic carbocycles. The first-order chi connectivity index (χ1) is 6.12. The summed E-state index contributed by atoms with van der Waals surface area (Å²) in [5.41, 5.74) is -1.54. The van der Waals surface area contributed by atoms with Crippen LogP contribution >= 0.6 is 11.6 Å². The van der Waals surface area contributed by atoms with Crippen molar-refractivity contribution in [3.63, 3.8) is 0 Å². The molecule has 1 aromatic heterocycles. The van der Waals surface area contributed by atoms with E-state index in [-0.39, 0.29) is 5.02 Å². The monoisotopic (exact) mass is 226 g/mol. The Kier molecular flexibility index (Phi) is 2.56. The fraction of sp³-hybridized carbons (Fsp3) is 0.625. The summed E-state index contributed by atoms with van der Waals surface area (Å²) in [6, 6.07) is 0. The second-order valence-corrected chi connectivity index (χ2v) is 4.35. The van der Waals surface area contributed by atoms with Crippen LogP contribution in [0, 0.1) is 0 Å². The van der Waals surface area contributed by atoms with E-state index in [4.69, 9.17) is 11.6 Å². The van der Waals surface area contributed by atoms with Gasteiger partial charge in [-0.1, -0.05) is 11.6 Å². The van der Waals surface area contributed by atoms with E-state index in [2.05, 4.69) is 5.10 Å². The Hall–Kier alpha value is -0.710. The highest BCUT2D eigenvalue weighted by Gasteiger charge is 2.37. The molecule has 1 heterocycles. The molecule has 0 unspecified atom stereocenters. The van der Waals surface area contributed by atoms with Gasteiger partial charge in [-0.25, -0.2) is 0 Å². The van der Waals surface area contributed by atoms with Gasteiger partial charge < -0.3 is 0 Å². The Morgan fingerprint density at radius 2 is 1.79 bits per heavy atom. The number of halogens is 4. The van der Waals surface area contributed by atoms with E-state index in [0.29, 0.717) is 0 Å². The average Bonchev–Trinajstić information content (AvgIpc) is 2.27. The minimum atomic E-state index is -4.49. The molecule has 0 fully saturated rings. The molecule has 0 N–H and O–H groups in total. The van der Waals surface area contributed by atoms with E-state index in [1.54, 1.807) is 20.8 Å². The van der Waals surface area contributed by atoms with E-state index in [0.717, 1.165) is 0 Å². The molecular weight excluding hydrogens is 217 g/mol. The number of hydrogen-bond acceptors (Lipinski definition) is 1. The van der Waals surface area contributed by atoms with Crippen molar-refractivity contribution in [2.75, 3.05) is 0 Å². The van der Waals surface area contributed by atoms with Crippen molar-refractivity contribution in [3.05, 3.63) is 16.9 Å². The second-order valence-electron chi connectivity index (χ2n) is 3.94. The SMILES string of the molecule is CC(C)(C)n1cc(Cl)c(C(F)(F)F)n1. The Labute approximate surface area is 84.7 Å². The summed E-state index contributed by atoms with van der Waals surface area (Å²) in [5.74, 6) is 0. The Bertz CT molecular complexity index is 335.